The number of hydrogen-bond acceptors (Lipinski definition) is 4. The average molecular weight is 266 g/mol. The van der Waals surface area contributed by atoms with Gasteiger partial charge in [-0.05, 0) is 13.0 Å². The molecule has 0 amide bonds. The Labute approximate surface area is 101 Å². The molecule has 0 aromatic heterocycles. The second kappa shape index (κ2) is 5.67. The van der Waals surface area contributed by atoms with Crippen molar-refractivity contribution in [1.82, 2.24) is 0 Å². The Hall–Kier alpha value is -1.56. The summed E-state index contributed by atoms with van der Waals surface area (Å²) in [5.41, 5.74) is 5.42. The fraction of sp³-hybridized carbons (Fsp3) is 0.300. The van der Waals surface area contributed by atoms with Crippen LogP contribution in [0.25, 0.3) is 0 Å². The van der Waals surface area contributed by atoms with Crippen LogP contribution in [-0.2, 0) is 4.74 Å². The van der Waals surface area contributed by atoms with Crippen molar-refractivity contribution in [2.45, 2.75) is 13.5 Å². The Morgan fingerprint density at radius 3 is 2.71 bits per heavy atom. The van der Waals surface area contributed by atoms with Gasteiger partial charge in [0.2, 0.25) is 0 Å². The number of nitrogens with two attached hydrogens (primary N) is 1. The van der Waals surface area contributed by atoms with Crippen LogP contribution in [0.5, 0.6) is 5.75 Å². The Bertz CT molecular complexity index is 426. The van der Waals surface area contributed by atoms with Crippen molar-refractivity contribution >= 4 is 23.3 Å². The predicted molar refractivity (Wildman–Crippen MR) is 58.5 cm³/mol. The molecule has 0 aliphatic rings. The van der Waals surface area contributed by atoms with Gasteiger partial charge in [-0.1, -0.05) is 11.6 Å². The summed E-state index contributed by atoms with van der Waals surface area (Å²) >= 11 is 5.74. The monoisotopic (exact) mass is 265 g/mol. The van der Waals surface area contributed by atoms with Gasteiger partial charge in [0, 0.05) is 11.8 Å². The molecular weight excluding hydrogens is 256 g/mol. The zero-order valence-corrected chi connectivity index (χ0v) is 9.63. The summed E-state index contributed by atoms with van der Waals surface area (Å²) in [4.78, 5) is 11.5. The average Bonchev–Trinajstić information content (AvgIpc) is 2.22. The summed E-state index contributed by atoms with van der Waals surface area (Å²) in [6, 6.07) is 2.34. The molecule has 1 aromatic rings. The van der Waals surface area contributed by atoms with Crippen LogP contribution in [0.2, 0.25) is 5.02 Å². The molecule has 1 aromatic carbocycles. The first-order chi connectivity index (χ1) is 7.95. The molecule has 17 heavy (non-hydrogen) atoms. The first-order valence-electron chi connectivity index (χ1n) is 4.66. The van der Waals surface area contributed by atoms with Gasteiger partial charge in [-0.15, -0.1) is 0 Å². The summed E-state index contributed by atoms with van der Waals surface area (Å²) in [6.45, 7) is -1.31. The number of alkyl halides is 2. The van der Waals surface area contributed by atoms with E-state index in [9.17, 15) is 13.6 Å². The second-order valence-corrected chi connectivity index (χ2v) is 3.36. The molecule has 4 nitrogen and oxygen atoms in total. The molecule has 0 heterocycles. The number of ether oxygens (including phenoxy) is 2. The van der Waals surface area contributed by atoms with Crippen LogP contribution in [0, 0.1) is 0 Å². The van der Waals surface area contributed by atoms with Crippen LogP contribution in [0.4, 0.5) is 14.5 Å². The van der Waals surface area contributed by atoms with Gasteiger partial charge in [-0.25, -0.2) is 4.79 Å². The van der Waals surface area contributed by atoms with E-state index in [4.69, 9.17) is 22.1 Å². The molecule has 0 radical (unpaired) electrons. The second-order valence-electron chi connectivity index (χ2n) is 2.98. The standard InChI is InChI=1S/C10H10ClF2NO3/c1-2-16-9(15)6-3-5(14)4-7(8(6)11)17-10(12)13/h3-4,10H,2,14H2,1H3. The van der Waals surface area contributed by atoms with E-state index in [0.29, 0.717) is 0 Å². The maximum atomic E-state index is 12.1. The van der Waals surface area contributed by atoms with Crippen LogP contribution in [0.1, 0.15) is 17.3 Å². The minimum absolute atomic E-state index is 0.0769. The number of anilines is 1. The Balaban J connectivity index is 3.13. The highest BCUT2D eigenvalue weighted by molar-refractivity contribution is 6.35. The molecule has 1 rings (SSSR count). The van der Waals surface area contributed by atoms with Crippen LogP contribution < -0.4 is 10.5 Å². The third-order valence-corrected chi connectivity index (χ3v) is 2.16. The lowest BCUT2D eigenvalue weighted by molar-refractivity contribution is -0.0498. The van der Waals surface area contributed by atoms with E-state index in [0.717, 1.165) is 6.07 Å². The molecule has 2 N–H and O–H groups in total. The number of halogens is 3. The van der Waals surface area contributed by atoms with Crippen LogP contribution in [-0.4, -0.2) is 19.2 Å². The van der Waals surface area contributed by atoms with Gasteiger partial charge >= 0.3 is 12.6 Å². The molecule has 0 aliphatic heterocycles. The van der Waals surface area contributed by atoms with Gasteiger partial charge in [-0.2, -0.15) is 8.78 Å². The zero-order chi connectivity index (χ0) is 13.0. The van der Waals surface area contributed by atoms with Crippen molar-refractivity contribution in [2.24, 2.45) is 0 Å². The van der Waals surface area contributed by atoms with E-state index in [1.807, 2.05) is 0 Å². The molecule has 0 saturated heterocycles. The van der Waals surface area contributed by atoms with Crippen LogP contribution in [0.15, 0.2) is 12.1 Å². The summed E-state index contributed by atoms with van der Waals surface area (Å²) in [7, 11) is 0. The van der Waals surface area contributed by atoms with Crippen molar-refractivity contribution in [2.75, 3.05) is 12.3 Å². The molecule has 0 bridgehead atoms. The zero-order valence-electron chi connectivity index (χ0n) is 8.88. The summed E-state index contributed by atoms with van der Waals surface area (Å²) in [6.07, 6.45) is 0. The molecule has 94 valence electrons. The fourth-order valence-corrected chi connectivity index (χ4v) is 1.39. The number of carbonyl (C=O) groups is 1. The SMILES string of the molecule is CCOC(=O)c1cc(N)cc(OC(F)F)c1Cl. The number of rotatable bonds is 4. The first-order valence-corrected chi connectivity index (χ1v) is 5.04. The molecule has 0 aliphatic carbocycles. The molecule has 0 atom stereocenters. The largest absolute Gasteiger partial charge is 0.462 e. The molecule has 0 fully saturated rings. The van der Waals surface area contributed by atoms with Crippen LogP contribution in [0.3, 0.4) is 0 Å². The van der Waals surface area contributed by atoms with E-state index in [-0.39, 0.29) is 28.6 Å². The topological polar surface area (TPSA) is 61.5 Å². The highest BCUT2D eigenvalue weighted by atomic mass is 35.5. The van der Waals surface area contributed by atoms with Crippen molar-refractivity contribution < 1.29 is 23.0 Å². The van der Waals surface area contributed by atoms with Gasteiger partial charge in [-0.3, -0.25) is 0 Å². The highest BCUT2D eigenvalue weighted by Crippen LogP contribution is 2.32. The predicted octanol–water partition coefficient (Wildman–Crippen LogP) is 2.70. The number of carbonyl (C=O) groups excluding carboxylic acids is 1. The Morgan fingerprint density at radius 2 is 2.18 bits per heavy atom. The molecule has 0 unspecified atom stereocenters. The number of hydrogen-bond donors (Lipinski definition) is 1. The van der Waals surface area contributed by atoms with Gasteiger partial charge in [0.25, 0.3) is 0 Å². The lowest BCUT2D eigenvalue weighted by atomic mass is 10.2. The summed E-state index contributed by atoms with van der Waals surface area (Å²) < 4.78 is 33.0. The minimum atomic E-state index is -3.05. The fourth-order valence-electron chi connectivity index (χ4n) is 1.16. The van der Waals surface area contributed by atoms with Crippen molar-refractivity contribution in [1.29, 1.82) is 0 Å². The molecule has 0 saturated carbocycles. The maximum absolute atomic E-state index is 12.1. The van der Waals surface area contributed by atoms with Gasteiger partial charge in [0.05, 0.1) is 17.2 Å². The van der Waals surface area contributed by atoms with Crippen LogP contribution >= 0.6 is 11.6 Å². The maximum Gasteiger partial charge on any atom is 0.387 e. The van der Waals surface area contributed by atoms with E-state index in [2.05, 4.69) is 4.74 Å². The Kier molecular flexibility index (Phi) is 4.51. The van der Waals surface area contributed by atoms with Crippen molar-refractivity contribution in [3.05, 3.63) is 22.7 Å². The third kappa shape index (κ3) is 3.45. The number of nitrogen functional groups attached to an aromatic ring is 1. The van der Waals surface area contributed by atoms with Gasteiger partial charge in [0.1, 0.15) is 5.75 Å². The van der Waals surface area contributed by atoms with E-state index in [1.165, 1.54) is 6.07 Å². The quantitative estimate of drug-likeness (QED) is 0.672. The third-order valence-electron chi connectivity index (χ3n) is 1.77. The first kappa shape index (κ1) is 13.5. The van der Waals surface area contributed by atoms with Gasteiger partial charge < -0.3 is 15.2 Å². The highest BCUT2D eigenvalue weighted by Gasteiger charge is 2.18. The number of esters is 1. The molecule has 0 spiro atoms. The van der Waals surface area contributed by atoms with Gasteiger partial charge in [0.15, 0.2) is 0 Å². The van der Waals surface area contributed by atoms with E-state index >= 15 is 0 Å². The number of benzene rings is 1. The normalized spacial score (nSPS) is 10.4. The van der Waals surface area contributed by atoms with E-state index < -0.39 is 12.6 Å². The summed E-state index contributed by atoms with van der Waals surface area (Å²) in [5, 5.41) is -0.252. The smallest absolute Gasteiger partial charge is 0.387 e. The van der Waals surface area contributed by atoms with E-state index in [1.54, 1.807) is 6.92 Å². The molecule has 7 heteroatoms. The summed E-state index contributed by atoms with van der Waals surface area (Å²) in [5.74, 6) is -1.10. The lowest BCUT2D eigenvalue weighted by Crippen LogP contribution is -2.09. The molecular formula is C10H10ClF2NO3. The minimum Gasteiger partial charge on any atom is -0.462 e. The lowest BCUT2D eigenvalue weighted by Gasteiger charge is -2.11. The Morgan fingerprint density at radius 1 is 1.53 bits per heavy atom. The van der Waals surface area contributed by atoms with Crippen molar-refractivity contribution in [3.8, 4) is 5.75 Å². The van der Waals surface area contributed by atoms with Crippen molar-refractivity contribution in [3.63, 3.8) is 0 Å².